The number of rotatable bonds is 13. The Bertz CT molecular complexity index is 610. The molecule has 4 N–H and O–H groups in total. The number of hydrogen-bond donors (Lipinski definition) is 4. The minimum absolute atomic E-state index is 0.219. The van der Waals surface area contributed by atoms with E-state index in [1.165, 1.54) is 0 Å². The van der Waals surface area contributed by atoms with Gasteiger partial charge < -0.3 is 30.5 Å². The van der Waals surface area contributed by atoms with Crippen LogP contribution in [0.4, 0.5) is 9.59 Å². The molecule has 0 fully saturated rings. The van der Waals surface area contributed by atoms with Gasteiger partial charge >= 0.3 is 18.2 Å². The highest BCUT2D eigenvalue weighted by Crippen LogP contribution is 2.08. The van der Waals surface area contributed by atoms with Crippen molar-refractivity contribution in [2.75, 3.05) is 13.1 Å². The maximum atomic E-state index is 12.0. The quantitative estimate of drug-likeness (QED) is 0.309. The number of unbranched alkanes of at least 4 members (excludes halogenated alkanes) is 3. The van der Waals surface area contributed by atoms with Crippen LogP contribution in [0.15, 0.2) is 0 Å². The van der Waals surface area contributed by atoms with E-state index in [2.05, 4.69) is 16.0 Å². The molecule has 0 rings (SSSR count). The number of carboxylic acid groups (broad SMARTS) is 1. The van der Waals surface area contributed by atoms with Crippen LogP contribution >= 0.6 is 0 Å². The summed E-state index contributed by atoms with van der Waals surface area (Å²) in [5, 5.41) is 17.1. The lowest BCUT2D eigenvalue weighted by Gasteiger charge is -2.19. The lowest BCUT2D eigenvalue weighted by atomic mass is 10.1. The third kappa shape index (κ3) is 18.3. The van der Waals surface area contributed by atoms with Gasteiger partial charge in [0.15, 0.2) is 0 Å². The fraction of sp³-hybridized carbons (Fsp3) is 0.818. The standard InChI is InChI=1S/C22H41N3O7/c1-21(2,3)31-19(29)23-14-10-7-8-13-17(26)25-16(18(27)28)12-9-11-15-24-20(30)32-22(4,5)6/h16H,7-15H2,1-6H3,(H,23,29)(H,24,30)(H,25,26)(H,27,28)/t16-/m0/s1. The van der Waals surface area contributed by atoms with E-state index in [1.54, 1.807) is 41.5 Å². The molecule has 0 aliphatic carbocycles. The van der Waals surface area contributed by atoms with Gasteiger partial charge in [-0.15, -0.1) is 0 Å². The van der Waals surface area contributed by atoms with Gasteiger partial charge in [-0.25, -0.2) is 14.4 Å². The van der Waals surface area contributed by atoms with Crippen LogP contribution in [0.25, 0.3) is 0 Å². The molecule has 1 atom stereocenters. The van der Waals surface area contributed by atoms with Crippen LogP contribution in [0.3, 0.4) is 0 Å². The Labute approximate surface area is 191 Å². The second kappa shape index (κ2) is 14.5. The number of alkyl carbamates (subject to hydrolysis) is 2. The molecule has 0 heterocycles. The lowest BCUT2D eigenvalue weighted by Crippen LogP contribution is -2.40. The van der Waals surface area contributed by atoms with Crippen molar-refractivity contribution in [1.82, 2.24) is 16.0 Å². The molecule has 186 valence electrons. The van der Waals surface area contributed by atoms with E-state index in [9.17, 15) is 24.3 Å². The van der Waals surface area contributed by atoms with Gasteiger partial charge in [-0.2, -0.15) is 0 Å². The Morgan fingerprint density at radius 3 is 1.66 bits per heavy atom. The van der Waals surface area contributed by atoms with Crippen LogP contribution in [0.5, 0.6) is 0 Å². The summed E-state index contributed by atoms with van der Waals surface area (Å²) in [4.78, 5) is 46.5. The summed E-state index contributed by atoms with van der Waals surface area (Å²) in [5.74, 6) is -1.40. The normalized spacial score (nSPS) is 12.4. The summed E-state index contributed by atoms with van der Waals surface area (Å²) in [5.41, 5.74) is -1.12. The van der Waals surface area contributed by atoms with Crippen LogP contribution in [0, 0.1) is 0 Å². The third-order valence-electron chi connectivity index (χ3n) is 3.97. The van der Waals surface area contributed by atoms with Crippen LogP contribution in [0.1, 0.15) is 86.5 Å². The summed E-state index contributed by atoms with van der Waals surface area (Å²) in [6.45, 7) is 11.5. The molecule has 0 radical (unpaired) electrons. The van der Waals surface area contributed by atoms with Gasteiger partial charge in [0.1, 0.15) is 17.2 Å². The van der Waals surface area contributed by atoms with Gasteiger partial charge in [0.2, 0.25) is 5.91 Å². The zero-order chi connectivity index (χ0) is 24.8. The van der Waals surface area contributed by atoms with Crippen molar-refractivity contribution >= 4 is 24.1 Å². The zero-order valence-electron chi connectivity index (χ0n) is 20.3. The highest BCUT2D eigenvalue weighted by atomic mass is 16.6. The molecule has 0 saturated heterocycles. The van der Waals surface area contributed by atoms with Crippen molar-refractivity contribution in [2.24, 2.45) is 0 Å². The molecule has 10 heteroatoms. The summed E-state index contributed by atoms with van der Waals surface area (Å²) in [7, 11) is 0. The number of aliphatic carboxylic acids is 1. The van der Waals surface area contributed by atoms with Crippen LogP contribution in [0.2, 0.25) is 0 Å². The van der Waals surface area contributed by atoms with E-state index in [0.717, 1.165) is 6.42 Å². The maximum Gasteiger partial charge on any atom is 0.407 e. The number of ether oxygens (including phenoxy) is 2. The van der Waals surface area contributed by atoms with Crippen molar-refractivity contribution in [3.8, 4) is 0 Å². The summed E-state index contributed by atoms with van der Waals surface area (Å²) in [6.07, 6.45) is 2.62. The fourth-order valence-electron chi connectivity index (χ4n) is 2.59. The molecule has 0 aromatic heterocycles. The smallest absolute Gasteiger partial charge is 0.407 e. The maximum absolute atomic E-state index is 12.0. The Hall–Kier alpha value is -2.52. The predicted molar refractivity (Wildman–Crippen MR) is 120 cm³/mol. The molecular formula is C22H41N3O7. The number of carboxylic acids is 1. The minimum atomic E-state index is -1.08. The van der Waals surface area contributed by atoms with Gasteiger partial charge in [-0.3, -0.25) is 4.79 Å². The van der Waals surface area contributed by atoms with E-state index in [1.807, 2.05) is 0 Å². The minimum Gasteiger partial charge on any atom is -0.480 e. The highest BCUT2D eigenvalue weighted by molar-refractivity contribution is 5.83. The Morgan fingerprint density at radius 1 is 0.750 bits per heavy atom. The molecule has 32 heavy (non-hydrogen) atoms. The first-order chi connectivity index (χ1) is 14.7. The molecule has 0 aliphatic rings. The number of hydrogen-bond acceptors (Lipinski definition) is 6. The first-order valence-electron chi connectivity index (χ1n) is 11.2. The van der Waals surface area contributed by atoms with Crippen molar-refractivity contribution in [2.45, 2.75) is 104 Å². The monoisotopic (exact) mass is 459 g/mol. The van der Waals surface area contributed by atoms with Gasteiger partial charge in [0.05, 0.1) is 0 Å². The number of carbonyl (C=O) groups excluding carboxylic acids is 3. The number of amides is 3. The summed E-state index contributed by atoms with van der Waals surface area (Å²) in [6, 6.07) is -0.960. The van der Waals surface area contributed by atoms with Crippen molar-refractivity contribution in [3.05, 3.63) is 0 Å². The molecule has 0 unspecified atom stereocenters. The van der Waals surface area contributed by atoms with E-state index in [0.29, 0.717) is 38.8 Å². The second-order valence-corrected chi connectivity index (χ2v) is 9.62. The van der Waals surface area contributed by atoms with E-state index in [4.69, 9.17) is 9.47 Å². The van der Waals surface area contributed by atoms with E-state index >= 15 is 0 Å². The Balaban J connectivity index is 3.96. The highest BCUT2D eigenvalue weighted by Gasteiger charge is 2.20. The molecular weight excluding hydrogens is 418 g/mol. The van der Waals surface area contributed by atoms with Gasteiger partial charge in [0, 0.05) is 19.5 Å². The molecule has 10 nitrogen and oxygen atoms in total. The first-order valence-corrected chi connectivity index (χ1v) is 11.2. The van der Waals surface area contributed by atoms with Crippen LogP contribution in [-0.2, 0) is 19.1 Å². The average Bonchev–Trinajstić information content (AvgIpc) is 2.60. The number of nitrogens with one attached hydrogen (secondary N) is 3. The summed E-state index contributed by atoms with van der Waals surface area (Å²) < 4.78 is 10.3. The van der Waals surface area contributed by atoms with Crippen molar-refractivity contribution in [3.63, 3.8) is 0 Å². The molecule has 0 saturated carbocycles. The van der Waals surface area contributed by atoms with Crippen molar-refractivity contribution < 1.29 is 33.8 Å². The molecule has 0 aromatic carbocycles. The molecule has 3 amide bonds. The lowest BCUT2D eigenvalue weighted by molar-refractivity contribution is -0.142. The van der Waals surface area contributed by atoms with Gasteiger partial charge in [-0.1, -0.05) is 6.42 Å². The zero-order valence-corrected chi connectivity index (χ0v) is 20.3. The molecule has 0 aromatic rings. The second-order valence-electron chi connectivity index (χ2n) is 9.62. The summed E-state index contributed by atoms with van der Waals surface area (Å²) >= 11 is 0. The molecule has 0 aliphatic heterocycles. The van der Waals surface area contributed by atoms with Gasteiger partial charge in [-0.05, 0) is 73.6 Å². The van der Waals surface area contributed by atoms with Gasteiger partial charge in [0.25, 0.3) is 0 Å². The van der Waals surface area contributed by atoms with Crippen LogP contribution < -0.4 is 16.0 Å². The topological polar surface area (TPSA) is 143 Å². The Morgan fingerprint density at radius 2 is 1.22 bits per heavy atom. The van der Waals surface area contributed by atoms with E-state index in [-0.39, 0.29) is 18.7 Å². The number of carbonyl (C=O) groups is 4. The Kier molecular flexibility index (Phi) is 13.4. The third-order valence-corrected chi connectivity index (χ3v) is 3.97. The SMILES string of the molecule is CC(C)(C)OC(=O)NCCCCCC(=O)N[C@@H](CCCCNC(=O)OC(C)(C)C)C(=O)O. The average molecular weight is 460 g/mol. The predicted octanol–water partition coefficient (Wildman–Crippen LogP) is 3.34. The first kappa shape index (κ1) is 29.5. The molecule has 0 spiro atoms. The van der Waals surface area contributed by atoms with Crippen LogP contribution in [-0.4, -0.2) is 59.5 Å². The fourth-order valence-corrected chi connectivity index (χ4v) is 2.59. The van der Waals surface area contributed by atoms with E-state index < -0.39 is 35.4 Å². The van der Waals surface area contributed by atoms with Crippen molar-refractivity contribution in [1.29, 1.82) is 0 Å². The largest absolute Gasteiger partial charge is 0.480 e. The molecule has 0 bridgehead atoms.